The van der Waals surface area contributed by atoms with Gasteiger partial charge in [-0.2, -0.15) is 0 Å². The molecule has 0 radical (unpaired) electrons. The number of ether oxygens (including phenoxy) is 2. The lowest BCUT2D eigenvalue weighted by Gasteiger charge is -2.31. The van der Waals surface area contributed by atoms with Crippen molar-refractivity contribution in [1.29, 1.82) is 0 Å². The minimum absolute atomic E-state index is 0.306. The standard InChI is InChI=1S/C23H34N6O2/c1-3-22-28-26-15-29(22)13-12-25-23(27-19-7-5-4-6-17(19)2)24-11-10-18-8-9-20-21(14-18)31-16-30-20/h8-9,14-15,17,19H,3-7,10-13,16H2,1-2H3,(H2,24,25,27). The van der Waals surface area contributed by atoms with Gasteiger partial charge in [-0.1, -0.05) is 32.8 Å². The van der Waals surface area contributed by atoms with E-state index in [-0.39, 0.29) is 0 Å². The molecule has 2 atom stereocenters. The molecule has 1 aromatic carbocycles. The van der Waals surface area contributed by atoms with Crippen LogP contribution in [0.5, 0.6) is 11.5 Å². The highest BCUT2D eigenvalue weighted by atomic mass is 16.7. The number of nitrogens with one attached hydrogen (secondary N) is 2. The number of rotatable bonds is 8. The van der Waals surface area contributed by atoms with Gasteiger partial charge in [-0.05, 0) is 42.9 Å². The van der Waals surface area contributed by atoms with Crippen LogP contribution in [0.4, 0.5) is 0 Å². The molecule has 8 heteroatoms. The van der Waals surface area contributed by atoms with Crippen LogP contribution in [0.3, 0.4) is 0 Å². The van der Waals surface area contributed by atoms with Crippen LogP contribution < -0.4 is 20.1 Å². The summed E-state index contributed by atoms with van der Waals surface area (Å²) >= 11 is 0. The Balaban J connectivity index is 1.36. The van der Waals surface area contributed by atoms with Gasteiger partial charge in [-0.15, -0.1) is 10.2 Å². The van der Waals surface area contributed by atoms with Gasteiger partial charge in [0.15, 0.2) is 17.5 Å². The van der Waals surface area contributed by atoms with Crippen LogP contribution in [-0.2, 0) is 19.4 Å². The predicted molar refractivity (Wildman–Crippen MR) is 121 cm³/mol. The van der Waals surface area contributed by atoms with Crippen molar-refractivity contribution in [2.45, 2.75) is 65.0 Å². The van der Waals surface area contributed by atoms with Crippen LogP contribution in [0, 0.1) is 5.92 Å². The summed E-state index contributed by atoms with van der Waals surface area (Å²) in [5.74, 6) is 4.22. The maximum atomic E-state index is 5.49. The van der Waals surface area contributed by atoms with Crippen molar-refractivity contribution < 1.29 is 9.47 Å². The molecule has 2 heterocycles. The van der Waals surface area contributed by atoms with Gasteiger partial charge in [0.1, 0.15) is 12.2 Å². The average molecular weight is 427 g/mol. The van der Waals surface area contributed by atoms with Crippen LogP contribution >= 0.6 is 0 Å². The van der Waals surface area contributed by atoms with Crippen LogP contribution in [-0.4, -0.2) is 46.6 Å². The van der Waals surface area contributed by atoms with Gasteiger partial charge in [-0.3, -0.25) is 4.99 Å². The topological polar surface area (TPSA) is 85.6 Å². The molecule has 1 aromatic heterocycles. The van der Waals surface area contributed by atoms with E-state index in [9.17, 15) is 0 Å². The monoisotopic (exact) mass is 426 g/mol. The highest BCUT2D eigenvalue weighted by molar-refractivity contribution is 5.80. The number of aromatic nitrogens is 3. The molecule has 0 saturated heterocycles. The zero-order valence-corrected chi connectivity index (χ0v) is 18.6. The molecule has 0 spiro atoms. The molecule has 1 saturated carbocycles. The summed E-state index contributed by atoms with van der Waals surface area (Å²) in [6.45, 7) is 7.06. The summed E-state index contributed by atoms with van der Waals surface area (Å²) in [7, 11) is 0. The second kappa shape index (κ2) is 10.5. The molecule has 2 aliphatic rings. The number of aliphatic imine (C=N–C) groups is 1. The minimum Gasteiger partial charge on any atom is -0.454 e. The summed E-state index contributed by atoms with van der Waals surface area (Å²) in [5, 5.41) is 15.4. The number of hydrogen-bond donors (Lipinski definition) is 2. The molecule has 1 aliphatic heterocycles. The average Bonchev–Trinajstić information content (AvgIpc) is 3.43. The van der Waals surface area contributed by atoms with Gasteiger partial charge in [-0.25, -0.2) is 0 Å². The quantitative estimate of drug-likeness (QED) is 0.499. The molecular formula is C23H34N6O2. The minimum atomic E-state index is 0.306. The van der Waals surface area contributed by atoms with E-state index < -0.39 is 0 Å². The summed E-state index contributed by atoms with van der Waals surface area (Å²) in [4.78, 5) is 4.88. The Bertz CT molecular complexity index is 881. The van der Waals surface area contributed by atoms with Crippen LogP contribution in [0.25, 0.3) is 0 Å². The van der Waals surface area contributed by atoms with Crippen molar-refractivity contribution in [3.8, 4) is 11.5 Å². The molecule has 2 unspecified atom stereocenters. The molecule has 168 valence electrons. The van der Waals surface area contributed by atoms with Crippen LogP contribution in [0.1, 0.15) is 50.9 Å². The predicted octanol–water partition coefficient (Wildman–Crippen LogP) is 2.93. The first kappa shape index (κ1) is 21.5. The zero-order chi connectivity index (χ0) is 21.5. The van der Waals surface area contributed by atoms with Gasteiger partial charge >= 0.3 is 0 Å². The lowest BCUT2D eigenvalue weighted by atomic mass is 9.86. The van der Waals surface area contributed by atoms with Crippen LogP contribution in [0.2, 0.25) is 0 Å². The zero-order valence-electron chi connectivity index (χ0n) is 18.6. The maximum Gasteiger partial charge on any atom is 0.231 e. The molecule has 0 bridgehead atoms. The summed E-state index contributed by atoms with van der Waals surface area (Å²) in [5.41, 5.74) is 1.20. The van der Waals surface area contributed by atoms with Crippen molar-refractivity contribution >= 4 is 5.96 Å². The lowest BCUT2D eigenvalue weighted by molar-refractivity contribution is 0.174. The number of benzene rings is 1. The summed E-state index contributed by atoms with van der Waals surface area (Å²) in [6, 6.07) is 6.60. The highest BCUT2D eigenvalue weighted by Gasteiger charge is 2.22. The van der Waals surface area contributed by atoms with Crippen molar-refractivity contribution in [2.75, 3.05) is 19.9 Å². The van der Waals surface area contributed by atoms with Crippen molar-refractivity contribution in [3.05, 3.63) is 35.9 Å². The normalized spacial score (nSPS) is 20.6. The number of hydrogen-bond acceptors (Lipinski definition) is 5. The van der Waals surface area contributed by atoms with Gasteiger partial charge in [0.2, 0.25) is 6.79 Å². The smallest absolute Gasteiger partial charge is 0.231 e. The van der Waals surface area contributed by atoms with Gasteiger partial charge in [0.05, 0.1) is 0 Å². The van der Waals surface area contributed by atoms with E-state index in [0.717, 1.165) is 49.2 Å². The Morgan fingerprint density at radius 3 is 2.97 bits per heavy atom. The third-order valence-corrected chi connectivity index (χ3v) is 6.20. The second-order valence-corrected chi connectivity index (χ2v) is 8.40. The van der Waals surface area contributed by atoms with E-state index in [1.165, 1.54) is 31.2 Å². The lowest BCUT2D eigenvalue weighted by Crippen LogP contribution is -2.48. The van der Waals surface area contributed by atoms with E-state index in [1.807, 2.05) is 6.07 Å². The molecule has 2 N–H and O–H groups in total. The van der Waals surface area contributed by atoms with Crippen LogP contribution in [0.15, 0.2) is 29.5 Å². The third kappa shape index (κ3) is 5.68. The molecule has 1 aliphatic carbocycles. The maximum absolute atomic E-state index is 5.49. The van der Waals surface area contributed by atoms with Gasteiger partial charge in [0, 0.05) is 32.1 Å². The molecule has 8 nitrogen and oxygen atoms in total. The summed E-state index contributed by atoms with van der Waals surface area (Å²) < 4.78 is 13.0. The fourth-order valence-corrected chi connectivity index (χ4v) is 4.29. The molecule has 4 rings (SSSR count). The first-order valence-corrected chi connectivity index (χ1v) is 11.5. The van der Waals surface area contributed by atoms with Crippen molar-refractivity contribution in [1.82, 2.24) is 25.4 Å². The fraction of sp³-hybridized carbons (Fsp3) is 0.609. The highest BCUT2D eigenvalue weighted by Crippen LogP contribution is 2.32. The Morgan fingerprint density at radius 1 is 1.23 bits per heavy atom. The van der Waals surface area contributed by atoms with E-state index in [4.69, 9.17) is 14.5 Å². The second-order valence-electron chi connectivity index (χ2n) is 8.40. The molecule has 2 aromatic rings. The van der Waals surface area contributed by atoms with E-state index >= 15 is 0 Å². The van der Waals surface area contributed by atoms with Gasteiger partial charge in [0.25, 0.3) is 0 Å². The molecule has 31 heavy (non-hydrogen) atoms. The molecular weight excluding hydrogens is 392 g/mol. The SMILES string of the molecule is CCc1nncn1CCNC(=NCCc1ccc2c(c1)OCO2)NC1CCCCC1C. The molecule has 1 fully saturated rings. The number of fused-ring (bicyclic) bond motifs is 1. The van der Waals surface area contributed by atoms with E-state index in [2.05, 4.69) is 51.4 Å². The van der Waals surface area contributed by atoms with Crippen molar-refractivity contribution in [3.63, 3.8) is 0 Å². The van der Waals surface area contributed by atoms with E-state index in [1.54, 1.807) is 6.33 Å². The number of nitrogens with zero attached hydrogens (tertiary/aromatic N) is 4. The van der Waals surface area contributed by atoms with Gasteiger partial charge < -0.3 is 24.7 Å². The van der Waals surface area contributed by atoms with Crippen molar-refractivity contribution in [2.24, 2.45) is 10.9 Å². The Hall–Kier alpha value is -2.77. The molecule has 0 amide bonds. The Labute approximate surface area is 184 Å². The number of aryl methyl sites for hydroxylation is 1. The van der Waals surface area contributed by atoms with E-state index in [0.29, 0.717) is 25.3 Å². The third-order valence-electron chi connectivity index (χ3n) is 6.20. The Morgan fingerprint density at radius 2 is 2.10 bits per heavy atom. The first-order chi connectivity index (χ1) is 15.2. The summed E-state index contributed by atoms with van der Waals surface area (Å²) in [6.07, 6.45) is 8.64. The fourth-order valence-electron chi connectivity index (χ4n) is 4.29. The first-order valence-electron chi connectivity index (χ1n) is 11.5. The largest absolute Gasteiger partial charge is 0.454 e. The number of guanidine groups is 1. The Kier molecular flexibility index (Phi) is 7.27.